The lowest BCUT2D eigenvalue weighted by atomic mass is 9.63. The molecule has 1 aliphatic carbocycles. The topological polar surface area (TPSA) is 99.2 Å². The van der Waals surface area contributed by atoms with Crippen molar-refractivity contribution in [2.45, 2.75) is 82.8 Å². The average Bonchev–Trinajstić information content (AvgIpc) is 3.24. The van der Waals surface area contributed by atoms with Gasteiger partial charge in [-0.1, -0.05) is 31.4 Å². The fourth-order valence-corrected chi connectivity index (χ4v) is 7.27. The molecule has 2 amide bonds. The number of carboxylic acids is 1. The van der Waals surface area contributed by atoms with Gasteiger partial charge >= 0.3 is 18.2 Å². The Morgan fingerprint density at radius 3 is 2.19 bits per heavy atom. The zero-order valence-corrected chi connectivity index (χ0v) is 24.9. The summed E-state index contributed by atoms with van der Waals surface area (Å²) in [6.07, 6.45) is 3.68. The second kappa shape index (κ2) is 13.4. The van der Waals surface area contributed by atoms with Crippen molar-refractivity contribution in [3.05, 3.63) is 35.6 Å². The molecule has 1 aromatic rings. The number of hydrogen-bond acceptors (Lipinski definition) is 5. The van der Waals surface area contributed by atoms with Gasteiger partial charge in [-0.05, 0) is 81.5 Å². The fraction of sp³-hybridized carbons (Fsp3) is 0.710. The van der Waals surface area contributed by atoms with Crippen LogP contribution in [0.1, 0.15) is 76.7 Å². The van der Waals surface area contributed by atoms with Gasteiger partial charge in [0.1, 0.15) is 12.4 Å². The zero-order chi connectivity index (χ0) is 31.4. The first-order valence-corrected chi connectivity index (χ1v) is 15.2. The van der Waals surface area contributed by atoms with Gasteiger partial charge in [-0.2, -0.15) is 13.2 Å². The maximum absolute atomic E-state index is 13.8. The van der Waals surface area contributed by atoms with Crippen LogP contribution in [0.5, 0.6) is 0 Å². The lowest BCUT2D eigenvalue weighted by molar-refractivity contribution is -0.192. The standard InChI is InChI=1S/C29H42FN3O3.C2HF3O2/c1-28(2)20-36-27(35)33(28)19-29(22-6-4-3-5-7-22)13-16-32(17-14-29)26(34)24-12-15-31-18-25(24)21-8-10-23(30)11-9-21;3-2(4,5)1(6)7/h8-11,22,24-25,31H,3-7,12-20H2,1-2H3;(H,6,7)/t24-,25+;/m0./s1. The molecular formula is C31H43F4N3O5. The molecule has 12 heteroatoms. The molecule has 2 atom stereocenters. The van der Waals surface area contributed by atoms with Crippen molar-refractivity contribution in [1.29, 1.82) is 0 Å². The predicted molar refractivity (Wildman–Crippen MR) is 151 cm³/mol. The molecular weight excluding hydrogens is 570 g/mol. The number of alkyl halides is 3. The average molecular weight is 614 g/mol. The number of nitrogens with one attached hydrogen (secondary N) is 1. The van der Waals surface area contributed by atoms with Crippen LogP contribution in [0.2, 0.25) is 0 Å². The van der Waals surface area contributed by atoms with Crippen molar-refractivity contribution in [1.82, 2.24) is 15.1 Å². The number of nitrogens with zero attached hydrogens (tertiary/aromatic N) is 2. The third kappa shape index (κ3) is 7.80. The number of ether oxygens (including phenoxy) is 1. The number of rotatable bonds is 5. The summed E-state index contributed by atoms with van der Waals surface area (Å²) < 4.78 is 50.7. The highest BCUT2D eigenvalue weighted by molar-refractivity contribution is 5.80. The number of benzene rings is 1. The van der Waals surface area contributed by atoms with Crippen molar-refractivity contribution in [2.75, 3.05) is 39.3 Å². The summed E-state index contributed by atoms with van der Waals surface area (Å²) in [6, 6.07) is 6.65. The smallest absolute Gasteiger partial charge is 0.475 e. The highest BCUT2D eigenvalue weighted by Gasteiger charge is 2.50. The van der Waals surface area contributed by atoms with E-state index in [9.17, 15) is 27.2 Å². The van der Waals surface area contributed by atoms with Crippen LogP contribution in [0, 0.1) is 23.1 Å². The first kappa shape index (κ1) is 33.0. The molecule has 0 aromatic heterocycles. The van der Waals surface area contributed by atoms with Crippen LogP contribution < -0.4 is 5.32 Å². The molecule has 240 valence electrons. The van der Waals surface area contributed by atoms with Crippen LogP contribution in [0.15, 0.2) is 24.3 Å². The molecule has 1 saturated carbocycles. The maximum atomic E-state index is 13.8. The van der Waals surface area contributed by atoms with Crippen LogP contribution in [-0.4, -0.2) is 83.9 Å². The monoisotopic (exact) mass is 613 g/mol. The minimum absolute atomic E-state index is 0.0440. The molecule has 8 nitrogen and oxygen atoms in total. The van der Waals surface area contributed by atoms with Gasteiger partial charge in [0.05, 0.1) is 5.54 Å². The number of halogens is 4. The summed E-state index contributed by atoms with van der Waals surface area (Å²) >= 11 is 0. The summed E-state index contributed by atoms with van der Waals surface area (Å²) in [6.45, 7) is 8.44. The molecule has 4 aliphatic rings. The summed E-state index contributed by atoms with van der Waals surface area (Å²) in [4.78, 5) is 39.4. The molecule has 0 unspecified atom stereocenters. The third-order valence-corrected chi connectivity index (χ3v) is 9.85. The molecule has 1 aromatic carbocycles. The Morgan fingerprint density at radius 2 is 1.65 bits per heavy atom. The summed E-state index contributed by atoms with van der Waals surface area (Å²) in [5.41, 5.74) is 0.788. The number of piperidine rings is 2. The minimum atomic E-state index is -5.08. The van der Waals surface area contributed by atoms with Crippen molar-refractivity contribution >= 4 is 18.0 Å². The van der Waals surface area contributed by atoms with Crippen LogP contribution in [-0.2, 0) is 14.3 Å². The fourth-order valence-electron chi connectivity index (χ4n) is 7.27. The van der Waals surface area contributed by atoms with E-state index in [1.807, 2.05) is 17.0 Å². The van der Waals surface area contributed by atoms with Crippen molar-refractivity contribution in [2.24, 2.45) is 17.3 Å². The number of carbonyl (C=O) groups is 3. The Balaban J connectivity index is 0.000000541. The van der Waals surface area contributed by atoms with Gasteiger partial charge in [-0.15, -0.1) is 0 Å². The summed E-state index contributed by atoms with van der Waals surface area (Å²) in [5, 5.41) is 10.6. The van der Waals surface area contributed by atoms with E-state index in [0.717, 1.165) is 57.5 Å². The molecule has 5 rings (SSSR count). The molecule has 3 saturated heterocycles. The predicted octanol–water partition coefficient (Wildman–Crippen LogP) is 5.57. The van der Waals surface area contributed by atoms with Gasteiger partial charge in [-0.3, -0.25) is 9.69 Å². The van der Waals surface area contributed by atoms with Crippen LogP contribution in [0.3, 0.4) is 0 Å². The molecule has 3 aliphatic heterocycles. The quantitative estimate of drug-likeness (QED) is 0.422. The Bertz CT molecular complexity index is 1130. The number of cyclic esters (lactones) is 1. The van der Waals surface area contributed by atoms with Crippen LogP contribution in [0.4, 0.5) is 22.4 Å². The van der Waals surface area contributed by atoms with Crippen LogP contribution in [0.25, 0.3) is 0 Å². The molecule has 43 heavy (non-hydrogen) atoms. The molecule has 4 fully saturated rings. The van der Waals surface area contributed by atoms with E-state index in [-0.39, 0.29) is 40.6 Å². The zero-order valence-electron chi connectivity index (χ0n) is 24.9. The Hall–Kier alpha value is -2.89. The summed E-state index contributed by atoms with van der Waals surface area (Å²) in [7, 11) is 0. The lowest BCUT2D eigenvalue weighted by Crippen LogP contribution is -2.56. The van der Waals surface area contributed by atoms with E-state index in [1.54, 1.807) is 0 Å². The number of amides is 2. The third-order valence-electron chi connectivity index (χ3n) is 9.85. The minimum Gasteiger partial charge on any atom is -0.475 e. The van der Waals surface area contributed by atoms with Crippen molar-refractivity contribution in [3.63, 3.8) is 0 Å². The highest BCUT2D eigenvalue weighted by atomic mass is 19.4. The first-order valence-electron chi connectivity index (χ1n) is 15.2. The normalized spacial score (nSPS) is 25.9. The second-order valence-electron chi connectivity index (χ2n) is 13.0. The van der Waals surface area contributed by atoms with E-state index in [2.05, 4.69) is 24.1 Å². The molecule has 0 bridgehead atoms. The van der Waals surface area contributed by atoms with E-state index in [0.29, 0.717) is 12.5 Å². The van der Waals surface area contributed by atoms with Gasteiger partial charge < -0.3 is 20.1 Å². The Labute approximate surface area is 250 Å². The number of likely N-dealkylation sites (tertiary alicyclic amines) is 1. The number of aliphatic carboxylic acids is 1. The lowest BCUT2D eigenvalue weighted by Gasteiger charge is -2.51. The van der Waals surface area contributed by atoms with Gasteiger partial charge in [0.25, 0.3) is 0 Å². The van der Waals surface area contributed by atoms with E-state index in [1.165, 1.54) is 44.2 Å². The van der Waals surface area contributed by atoms with Crippen LogP contribution >= 0.6 is 0 Å². The van der Waals surface area contributed by atoms with Crippen molar-refractivity contribution < 1.29 is 41.8 Å². The van der Waals surface area contributed by atoms with Gasteiger partial charge in [0.15, 0.2) is 0 Å². The Kier molecular flexibility index (Phi) is 10.3. The maximum Gasteiger partial charge on any atom is 0.490 e. The summed E-state index contributed by atoms with van der Waals surface area (Å²) in [5.74, 6) is -2.18. The highest BCUT2D eigenvalue weighted by Crippen LogP contribution is 2.48. The van der Waals surface area contributed by atoms with Gasteiger partial charge in [-0.25, -0.2) is 14.0 Å². The number of carboxylic acid groups (broad SMARTS) is 1. The molecule has 0 spiro atoms. The number of carbonyl (C=O) groups excluding carboxylic acids is 2. The second-order valence-corrected chi connectivity index (χ2v) is 13.0. The van der Waals surface area contributed by atoms with Gasteiger partial charge in [0, 0.05) is 38.0 Å². The SMILES string of the molecule is CC1(C)COC(=O)N1CC1(C2CCCCC2)CCN(C(=O)[C@H]2CCNC[C@@H]2c2ccc(F)cc2)CC1.O=C(O)C(F)(F)F. The van der Waals surface area contributed by atoms with E-state index >= 15 is 0 Å². The molecule has 2 N–H and O–H groups in total. The largest absolute Gasteiger partial charge is 0.490 e. The molecule has 0 radical (unpaired) electrons. The van der Waals surface area contributed by atoms with E-state index < -0.39 is 12.1 Å². The first-order chi connectivity index (χ1) is 20.2. The number of hydrogen-bond donors (Lipinski definition) is 2. The van der Waals surface area contributed by atoms with E-state index in [4.69, 9.17) is 14.6 Å². The Morgan fingerprint density at radius 1 is 1.05 bits per heavy atom. The molecule has 3 heterocycles. The van der Waals surface area contributed by atoms with Gasteiger partial charge in [0.2, 0.25) is 5.91 Å². The van der Waals surface area contributed by atoms with Crippen molar-refractivity contribution in [3.8, 4) is 0 Å².